The summed E-state index contributed by atoms with van der Waals surface area (Å²) in [4.78, 5) is 31.8. The number of hydrogen-bond acceptors (Lipinski definition) is 7. The second-order valence-corrected chi connectivity index (χ2v) is 10.3. The highest BCUT2D eigenvalue weighted by atomic mass is 16.5. The highest BCUT2D eigenvalue weighted by molar-refractivity contribution is 5.98. The number of amides is 1. The van der Waals surface area contributed by atoms with E-state index in [1.54, 1.807) is 12.4 Å². The Morgan fingerprint density at radius 3 is 2.42 bits per heavy atom. The fourth-order valence-electron chi connectivity index (χ4n) is 5.37. The van der Waals surface area contributed by atoms with Crippen LogP contribution in [0.5, 0.6) is 0 Å². The molecule has 1 fully saturated rings. The molecule has 40 heavy (non-hydrogen) atoms. The molecule has 5 aromatic rings. The average Bonchev–Trinajstić information content (AvgIpc) is 3.43. The van der Waals surface area contributed by atoms with E-state index in [1.807, 2.05) is 47.4 Å². The van der Waals surface area contributed by atoms with Gasteiger partial charge in [-0.3, -0.25) is 9.78 Å². The van der Waals surface area contributed by atoms with Gasteiger partial charge < -0.3 is 14.3 Å². The van der Waals surface area contributed by atoms with Crippen LogP contribution in [0.3, 0.4) is 0 Å². The molecule has 1 amide bonds. The van der Waals surface area contributed by atoms with Gasteiger partial charge in [0.2, 0.25) is 5.91 Å². The molecule has 3 aromatic heterocycles. The first-order valence-corrected chi connectivity index (χ1v) is 13.8. The van der Waals surface area contributed by atoms with Gasteiger partial charge in [-0.05, 0) is 36.6 Å². The number of aromatic nitrogens is 4. The molecule has 4 heterocycles. The van der Waals surface area contributed by atoms with Crippen LogP contribution in [0, 0.1) is 6.92 Å². The number of aryl methyl sites for hydroxylation is 1. The third-order valence-electron chi connectivity index (χ3n) is 7.58. The molecule has 8 nitrogen and oxygen atoms in total. The van der Waals surface area contributed by atoms with Crippen molar-refractivity contribution in [1.82, 2.24) is 25.0 Å². The molecule has 0 radical (unpaired) electrons. The molecule has 1 aliphatic rings. The smallest absolute Gasteiger partial charge is 0.263 e. The first-order chi connectivity index (χ1) is 19.6. The van der Waals surface area contributed by atoms with Crippen LogP contribution >= 0.6 is 0 Å². The number of carbonyl (C=O) groups excluding carboxylic acids is 1. The number of carbonyl (C=O) groups is 1. The van der Waals surface area contributed by atoms with Gasteiger partial charge in [0, 0.05) is 50.6 Å². The fourth-order valence-corrected chi connectivity index (χ4v) is 5.37. The van der Waals surface area contributed by atoms with Crippen LogP contribution in [0.1, 0.15) is 41.8 Å². The van der Waals surface area contributed by atoms with Crippen LogP contribution in [0.25, 0.3) is 22.4 Å². The number of fused-ring (bicyclic) bond motifs is 1. The second kappa shape index (κ2) is 11.3. The van der Waals surface area contributed by atoms with Crippen LogP contribution in [0.2, 0.25) is 0 Å². The van der Waals surface area contributed by atoms with Crippen LogP contribution in [-0.2, 0) is 11.2 Å². The molecule has 0 spiro atoms. The molecule has 0 N–H and O–H groups in total. The lowest BCUT2D eigenvalue weighted by Crippen LogP contribution is -2.50. The molecule has 1 aliphatic heterocycles. The van der Waals surface area contributed by atoms with E-state index in [2.05, 4.69) is 53.2 Å². The van der Waals surface area contributed by atoms with Crippen molar-refractivity contribution in [2.24, 2.45) is 0 Å². The van der Waals surface area contributed by atoms with E-state index < -0.39 is 0 Å². The third kappa shape index (κ3) is 5.17. The second-order valence-electron chi connectivity index (χ2n) is 10.3. The van der Waals surface area contributed by atoms with E-state index in [9.17, 15) is 4.79 Å². The summed E-state index contributed by atoms with van der Waals surface area (Å²) >= 11 is 0. The van der Waals surface area contributed by atoms with Crippen LogP contribution < -0.4 is 4.90 Å². The van der Waals surface area contributed by atoms with Crippen molar-refractivity contribution in [3.8, 4) is 11.3 Å². The topological polar surface area (TPSA) is 88.3 Å². The summed E-state index contributed by atoms with van der Waals surface area (Å²) < 4.78 is 5.77. The summed E-state index contributed by atoms with van der Waals surface area (Å²) in [6.45, 7) is 6.70. The predicted octanol–water partition coefficient (Wildman–Crippen LogP) is 5.42. The molecule has 1 atom stereocenters. The lowest BCUT2D eigenvalue weighted by molar-refractivity contribution is -0.133. The van der Waals surface area contributed by atoms with Crippen molar-refractivity contribution >= 4 is 22.8 Å². The average molecular weight is 533 g/mol. The number of pyridine rings is 1. The van der Waals surface area contributed by atoms with Gasteiger partial charge in [-0.25, -0.2) is 4.98 Å². The Morgan fingerprint density at radius 1 is 0.950 bits per heavy atom. The maximum atomic E-state index is 13.5. The first kappa shape index (κ1) is 25.7. The molecular weight excluding hydrogens is 500 g/mol. The zero-order chi connectivity index (χ0) is 27.5. The van der Waals surface area contributed by atoms with Gasteiger partial charge in [0.1, 0.15) is 22.7 Å². The van der Waals surface area contributed by atoms with Crippen molar-refractivity contribution < 1.29 is 9.32 Å². The zero-order valence-electron chi connectivity index (χ0n) is 22.8. The normalized spacial score (nSPS) is 14.4. The summed E-state index contributed by atoms with van der Waals surface area (Å²) in [6.07, 6.45) is 4.86. The molecule has 6 rings (SSSR count). The standard InChI is InChI=1S/C32H32N6O2/c1-3-26(24-8-5-4-6-9-24)32(39)38-18-16-37(17-19-38)30-28-29(25-10-7-15-33-21-25)36-40-31(28)35-27(34-30)20-23-13-11-22(2)12-14-23/h4-15,21,26H,3,16-20H2,1-2H3. The molecule has 2 aromatic carbocycles. The van der Waals surface area contributed by atoms with E-state index >= 15 is 0 Å². The SMILES string of the molecule is CCC(C(=O)N1CCN(c2nc(Cc3ccc(C)cc3)nc3onc(-c4cccnc4)c23)CC1)c1ccccc1. The van der Waals surface area contributed by atoms with Crippen molar-refractivity contribution in [3.05, 3.63) is 102 Å². The number of piperazine rings is 1. The number of benzene rings is 2. The number of rotatable bonds is 7. The molecule has 202 valence electrons. The lowest BCUT2D eigenvalue weighted by atomic mass is 9.95. The molecule has 1 saturated heterocycles. The fraction of sp³-hybridized carbons (Fsp3) is 0.281. The Bertz CT molecular complexity index is 1590. The van der Waals surface area contributed by atoms with Gasteiger partial charge in [0.05, 0.1) is 5.92 Å². The van der Waals surface area contributed by atoms with Gasteiger partial charge in [-0.1, -0.05) is 72.2 Å². The monoisotopic (exact) mass is 532 g/mol. The summed E-state index contributed by atoms with van der Waals surface area (Å²) in [5, 5.41) is 5.16. The summed E-state index contributed by atoms with van der Waals surface area (Å²) in [5.41, 5.74) is 5.39. The Hall–Kier alpha value is -4.59. The largest absolute Gasteiger partial charge is 0.352 e. The van der Waals surface area contributed by atoms with Crippen molar-refractivity contribution in [2.45, 2.75) is 32.6 Å². The molecule has 0 bridgehead atoms. The Morgan fingerprint density at radius 2 is 1.73 bits per heavy atom. The minimum Gasteiger partial charge on any atom is -0.352 e. The molecule has 0 saturated carbocycles. The maximum Gasteiger partial charge on any atom is 0.263 e. The molecular formula is C32H32N6O2. The summed E-state index contributed by atoms with van der Waals surface area (Å²) in [7, 11) is 0. The molecule has 0 aliphatic carbocycles. The van der Waals surface area contributed by atoms with E-state index in [1.165, 1.54) is 5.56 Å². The Kier molecular flexibility index (Phi) is 7.23. The summed E-state index contributed by atoms with van der Waals surface area (Å²) in [6, 6.07) is 22.3. The van der Waals surface area contributed by atoms with Gasteiger partial charge >= 0.3 is 0 Å². The zero-order valence-corrected chi connectivity index (χ0v) is 22.8. The van der Waals surface area contributed by atoms with Gasteiger partial charge in [0.15, 0.2) is 0 Å². The van der Waals surface area contributed by atoms with Crippen molar-refractivity contribution in [3.63, 3.8) is 0 Å². The van der Waals surface area contributed by atoms with E-state index in [4.69, 9.17) is 14.5 Å². The third-order valence-corrected chi connectivity index (χ3v) is 7.58. The minimum absolute atomic E-state index is 0.130. The van der Waals surface area contributed by atoms with Gasteiger partial charge in [-0.15, -0.1) is 0 Å². The molecule has 8 heteroatoms. The Balaban J connectivity index is 1.31. The highest BCUT2D eigenvalue weighted by Gasteiger charge is 2.30. The van der Waals surface area contributed by atoms with Crippen molar-refractivity contribution in [2.75, 3.05) is 31.1 Å². The van der Waals surface area contributed by atoms with E-state index in [-0.39, 0.29) is 11.8 Å². The summed E-state index contributed by atoms with van der Waals surface area (Å²) in [5.74, 6) is 1.51. The first-order valence-electron chi connectivity index (χ1n) is 13.8. The van der Waals surface area contributed by atoms with Crippen molar-refractivity contribution in [1.29, 1.82) is 0 Å². The van der Waals surface area contributed by atoms with Crippen LogP contribution in [0.15, 0.2) is 83.6 Å². The van der Waals surface area contributed by atoms with Gasteiger partial charge in [0.25, 0.3) is 5.71 Å². The minimum atomic E-state index is -0.130. The van der Waals surface area contributed by atoms with Crippen LogP contribution in [0.4, 0.5) is 5.82 Å². The number of hydrogen-bond donors (Lipinski definition) is 0. The molecule has 1 unspecified atom stereocenters. The highest BCUT2D eigenvalue weighted by Crippen LogP contribution is 2.34. The maximum absolute atomic E-state index is 13.5. The van der Waals surface area contributed by atoms with E-state index in [0.717, 1.165) is 34.3 Å². The Labute approximate surface area is 233 Å². The number of anilines is 1. The predicted molar refractivity (Wildman–Crippen MR) is 155 cm³/mol. The lowest BCUT2D eigenvalue weighted by Gasteiger charge is -2.37. The quantitative estimate of drug-likeness (QED) is 0.276. The number of nitrogens with zero attached hydrogens (tertiary/aromatic N) is 6. The van der Waals surface area contributed by atoms with E-state index in [0.29, 0.717) is 49.8 Å². The van der Waals surface area contributed by atoms with Gasteiger partial charge in [-0.2, -0.15) is 4.98 Å². The van der Waals surface area contributed by atoms with Crippen LogP contribution in [-0.4, -0.2) is 57.1 Å².